The molecule has 1 rings (SSSR count). The topological polar surface area (TPSA) is 299 Å². The van der Waals surface area contributed by atoms with E-state index in [0.717, 1.165) is 0 Å². The number of rotatable bonds is 17. The number of nitrogens with one attached hydrogen (secondary N) is 3. The molecule has 0 aliphatic carbocycles. The molecule has 14 N–H and O–H groups in total. The highest BCUT2D eigenvalue weighted by atomic mass is 16.4. The van der Waals surface area contributed by atoms with Crippen molar-refractivity contribution in [2.45, 2.75) is 56.3 Å². The summed E-state index contributed by atoms with van der Waals surface area (Å²) in [5.74, 6) is -4.89. The van der Waals surface area contributed by atoms with E-state index in [1.165, 1.54) is 24.3 Å². The van der Waals surface area contributed by atoms with Crippen LogP contribution >= 0.6 is 0 Å². The fourth-order valence-corrected chi connectivity index (χ4v) is 3.30. The number of carboxylic acids is 1. The van der Waals surface area contributed by atoms with Gasteiger partial charge < -0.3 is 54.2 Å². The molecule has 0 spiro atoms. The number of aliphatic imine (C=N–C) groups is 1. The number of phenols is 1. The summed E-state index contributed by atoms with van der Waals surface area (Å²) < 4.78 is 0. The van der Waals surface area contributed by atoms with Crippen molar-refractivity contribution in [3.63, 3.8) is 0 Å². The van der Waals surface area contributed by atoms with E-state index in [4.69, 9.17) is 22.9 Å². The predicted molar refractivity (Wildman–Crippen MR) is 139 cm³/mol. The first kappa shape index (κ1) is 32.6. The van der Waals surface area contributed by atoms with E-state index in [0.29, 0.717) is 5.56 Å². The Morgan fingerprint density at radius 1 is 0.846 bits per heavy atom. The number of nitrogens with two attached hydrogens (primary N) is 4. The fraction of sp³-hybridized carbons (Fsp3) is 0.478. The molecule has 0 aliphatic heterocycles. The van der Waals surface area contributed by atoms with Crippen LogP contribution in [0.1, 0.15) is 31.2 Å². The predicted octanol–water partition coefficient (Wildman–Crippen LogP) is -3.89. The fourth-order valence-electron chi connectivity index (χ4n) is 3.30. The van der Waals surface area contributed by atoms with Gasteiger partial charge >= 0.3 is 5.97 Å². The summed E-state index contributed by atoms with van der Waals surface area (Å²) in [7, 11) is 0. The van der Waals surface area contributed by atoms with Crippen LogP contribution in [0.2, 0.25) is 0 Å². The van der Waals surface area contributed by atoms with E-state index >= 15 is 0 Å². The van der Waals surface area contributed by atoms with Crippen LogP contribution in [-0.2, 0) is 30.4 Å². The van der Waals surface area contributed by atoms with Crippen LogP contribution in [0.3, 0.4) is 0 Å². The summed E-state index contributed by atoms with van der Waals surface area (Å²) in [5.41, 5.74) is 21.8. The molecule has 0 aromatic heterocycles. The Hall–Kier alpha value is -4.44. The number of amides is 4. The van der Waals surface area contributed by atoms with E-state index in [1.807, 2.05) is 0 Å². The lowest BCUT2D eigenvalue weighted by atomic mass is 10.0. The van der Waals surface area contributed by atoms with Gasteiger partial charge in [-0.25, -0.2) is 4.79 Å². The first-order valence-electron chi connectivity index (χ1n) is 12.0. The van der Waals surface area contributed by atoms with Crippen LogP contribution in [0, 0.1) is 0 Å². The molecule has 16 heteroatoms. The SMILES string of the molecule is NC(=O)CCC(NC(=O)C(CCCN=C(N)N)NC(=O)C(Cc1ccc(O)cc1)NC(=O)C(N)CO)C(=O)O. The molecule has 0 saturated heterocycles. The minimum Gasteiger partial charge on any atom is -0.508 e. The van der Waals surface area contributed by atoms with E-state index in [-0.39, 0.29) is 50.4 Å². The molecule has 0 bridgehead atoms. The number of aromatic hydroxyl groups is 1. The van der Waals surface area contributed by atoms with Gasteiger partial charge in [0.05, 0.1) is 6.61 Å². The van der Waals surface area contributed by atoms with Crippen molar-refractivity contribution in [2.24, 2.45) is 27.9 Å². The van der Waals surface area contributed by atoms with Gasteiger partial charge in [-0.15, -0.1) is 0 Å². The van der Waals surface area contributed by atoms with Gasteiger partial charge in [-0.1, -0.05) is 12.1 Å². The van der Waals surface area contributed by atoms with Gasteiger partial charge in [-0.2, -0.15) is 0 Å². The molecule has 4 amide bonds. The van der Waals surface area contributed by atoms with Gasteiger partial charge in [0, 0.05) is 19.4 Å². The number of hydrogen-bond donors (Lipinski definition) is 10. The molecular formula is C23H36N8O8. The summed E-state index contributed by atoms with van der Waals surface area (Å²) in [6.45, 7) is -0.581. The van der Waals surface area contributed by atoms with Crippen LogP contribution in [0.5, 0.6) is 5.75 Å². The van der Waals surface area contributed by atoms with Crippen LogP contribution in [0.4, 0.5) is 0 Å². The van der Waals surface area contributed by atoms with Gasteiger partial charge in [0.1, 0.15) is 29.9 Å². The summed E-state index contributed by atoms with van der Waals surface area (Å²) in [6.07, 6.45) is -0.463. The van der Waals surface area contributed by atoms with Gasteiger partial charge in [0.15, 0.2) is 5.96 Å². The van der Waals surface area contributed by atoms with E-state index in [9.17, 15) is 39.3 Å². The van der Waals surface area contributed by atoms with Gasteiger partial charge in [0.25, 0.3) is 0 Å². The van der Waals surface area contributed by atoms with Crippen LogP contribution in [0.15, 0.2) is 29.3 Å². The number of aliphatic hydroxyl groups excluding tert-OH is 1. The van der Waals surface area contributed by atoms with Crippen molar-refractivity contribution in [2.75, 3.05) is 13.2 Å². The molecule has 0 aliphatic rings. The number of carbonyl (C=O) groups is 5. The summed E-state index contributed by atoms with van der Waals surface area (Å²) in [5, 5.41) is 35.3. The summed E-state index contributed by atoms with van der Waals surface area (Å²) in [6, 6.07) is 0.461. The number of aliphatic carboxylic acids is 1. The number of phenolic OH excluding ortho intramolecular Hbond substituents is 1. The highest BCUT2D eigenvalue weighted by Crippen LogP contribution is 2.12. The molecule has 0 saturated carbocycles. The molecule has 4 atom stereocenters. The van der Waals surface area contributed by atoms with E-state index < -0.39 is 60.4 Å². The maximum atomic E-state index is 13.2. The lowest BCUT2D eigenvalue weighted by Crippen LogP contribution is -2.58. The highest BCUT2D eigenvalue weighted by molar-refractivity contribution is 5.94. The zero-order valence-corrected chi connectivity index (χ0v) is 21.2. The Bertz CT molecular complexity index is 1030. The zero-order valence-electron chi connectivity index (χ0n) is 21.2. The second kappa shape index (κ2) is 16.4. The largest absolute Gasteiger partial charge is 0.508 e. The summed E-state index contributed by atoms with van der Waals surface area (Å²) >= 11 is 0. The number of primary amides is 1. The average molecular weight is 553 g/mol. The molecule has 1 aromatic carbocycles. The molecule has 16 nitrogen and oxygen atoms in total. The van der Waals surface area contributed by atoms with E-state index in [1.54, 1.807) is 0 Å². The first-order chi connectivity index (χ1) is 18.3. The normalized spacial score (nSPS) is 13.7. The molecule has 1 aromatic rings. The van der Waals surface area contributed by atoms with Crippen molar-refractivity contribution in [3.05, 3.63) is 29.8 Å². The number of carbonyl (C=O) groups excluding carboxylic acids is 4. The smallest absolute Gasteiger partial charge is 0.326 e. The lowest BCUT2D eigenvalue weighted by molar-refractivity contribution is -0.142. The van der Waals surface area contributed by atoms with Crippen LogP contribution in [0.25, 0.3) is 0 Å². The number of carboxylic acid groups (broad SMARTS) is 1. The first-order valence-corrected chi connectivity index (χ1v) is 12.0. The number of guanidine groups is 1. The zero-order chi connectivity index (χ0) is 29.5. The van der Waals surface area contributed by atoms with Gasteiger partial charge in [-0.05, 0) is 37.0 Å². The van der Waals surface area contributed by atoms with E-state index in [2.05, 4.69) is 20.9 Å². The Morgan fingerprint density at radius 3 is 1.95 bits per heavy atom. The van der Waals surface area contributed by atoms with Crippen molar-refractivity contribution in [1.29, 1.82) is 0 Å². The Balaban J connectivity index is 3.15. The maximum absolute atomic E-state index is 13.2. The molecule has 0 fully saturated rings. The van der Waals surface area contributed by atoms with Crippen molar-refractivity contribution in [1.82, 2.24) is 16.0 Å². The third-order valence-corrected chi connectivity index (χ3v) is 5.41. The average Bonchev–Trinajstić information content (AvgIpc) is 2.87. The molecular weight excluding hydrogens is 516 g/mol. The Labute approximate surface area is 224 Å². The van der Waals surface area contributed by atoms with Crippen molar-refractivity contribution < 1.29 is 39.3 Å². The van der Waals surface area contributed by atoms with Crippen molar-refractivity contribution in [3.8, 4) is 5.75 Å². The molecule has 39 heavy (non-hydrogen) atoms. The number of nitrogens with zero attached hydrogens (tertiary/aromatic N) is 1. The number of hydrogen-bond acceptors (Lipinski definition) is 9. The van der Waals surface area contributed by atoms with Crippen LogP contribution in [-0.4, -0.2) is 88.2 Å². The van der Waals surface area contributed by atoms with Crippen molar-refractivity contribution >= 4 is 35.6 Å². The third-order valence-electron chi connectivity index (χ3n) is 5.41. The van der Waals surface area contributed by atoms with Gasteiger partial charge in [0.2, 0.25) is 23.6 Å². The quantitative estimate of drug-likeness (QED) is 0.0506. The standard InChI is InChI=1S/C23H36N8O8/c24-14(11-32)19(35)31-17(10-12-3-5-13(33)6-4-12)21(37)29-15(2-1-9-28-23(26)27)20(36)30-16(22(38)39)7-8-18(25)34/h3-6,14-17,32-33H,1-2,7-11,24H2,(H2,25,34)(H,29,37)(H,30,36)(H,31,35)(H,38,39)(H4,26,27,28). The Morgan fingerprint density at radius 2 is 1.41 bits per heavy atom. The second-order valence-electron chi connectivity index (χ2n) is 8.64. The minimum absolute atomic E-state index is 0.0204. The summed E-state index contributed by atoms with van der Waals surface area (Å²) in [4.78, 5) is 65.1. The monoisotopic (exact) mass is 552 g/mol. The van der Waals surface area contributed by atoms with Gasteiger partial charge in [-0.3, -0.25) is 24.2 Å². The molecule has 216 valence electrons. The Kier molecular flexibility index (Phi) is 13.7. The third kappa shape index (κ3) is 12.6. The van der Waals surface area contributed by atoms with Crippen LogP contribution < -0.4 is 38.9 Å². The molecule has 0 radical (unpaired) electrons. The minimum atomic E-state index is -1.46. The maximum Gasteiger partial charge on any atom is 0.326 e. The highest BCUT2D eigenvalue weighted by Gasteiger charge is 2.30. The number of aliphatic hydroxyl groups is 1. The second-order valence-corrected chi connectivity index (χ2v) is 8.64. The molecule has 4 unspecified atom stereocenters. The number of benzene rings is 1. The molecule has 0 heterocycles. The lowest BCUT2D eigenvalue weighted by Gasteiger charge is -2.25.